The highest BCUT2D eigenvalue weighted by Crippen LogP contribution is 2.30. The Balaban J connectivity index is 1.63. The molecule has 2 aromatic carbocycles. The quantitative estimate of drug-likeness (QED) is 0.276. The van der Waals surface area contributed by atoms with Crippen LogP contribution in [0.2, 0.25) is 0 Å². The van der Waals surface area contributed by atoms with Crippen LogP contribution in [0.5, 0.6) is 0 Å². The lowest BCUT2D eigenvalue weighted by Crippen LogP contribution is -2.42. The zero-order valence-electron chi connectivity index (χ0n) is 19.6. The van der Waals surface area contributed by atoms with Gasteiger partial charge in [-0.25, -0.2) is 9.18 Å². The van der Waals surface area contributed by atoms with Gasteiger partial charge >= 0.3 is 5.97 Å². The number of esters is 1. The number of carbonyl (C=O) groups is 3. The summed E-state index contributed by atoms with van der Waals surface area (Å²) in [5.41, 5.74) is 1.91. The maximum atomic E-state index is 13.3. The van der Waals surface area contributed by atoms with E-state index in [9.17, 15) is 24.0 Å². The van der Waals surface area contributed by atoms with E-state index >= 15 is 0 Å². The van der Waals surface area contributed by atoms with Gasteiger partial charge < -0.3 is 9.15 Å². The van der Waals surface area contributed by atoms with Crippen LogP contribution in [0.3, 0.4) is 0 Å². The Labute approximate surface area is 206 Å². The van der Waals surface area contributed by atoms with Crippen LogP contribution in [0, 0.1) is 17.1 Å². The Morgan fingerprint density at radius 3 is 2.39 bits per heavy atom. The Bertz CT molecular complexity index is 1440. The van der Waals surface area contributed by atoms with E-state index in [4.69, 9.17) is 9.15 Å². The van der Waals surface area contributed by atoms with Gasteiger partial charge in [0.25, 0.3) is 11.8 Å². The molecule has 0 radical (unpaired) electrons. The molecule has 7 nitrogen and oxygen atoms in total. The third-order valence-corrected chi connectivity index (χ3v) is 5.67. The van der Waals surface area contributed by atoms with Gasteiger partial charge in [0.2, 0.25) is 0 Å². The van der Waals surface area contributed by atoms with Crippen molar-refractivity contribution in [1.29, 1.82) is 5.26 Å². The van der Waals surface area contributed by atoms with E-state index in [0.29, 0.717) is 28.2 Å². The number of nitriles is 1. The number of imide groups is 1. The van der Waals surface area contributed by atoms with Gasteiger partial charge in [0.15, 0.2) is 0 Å². The summed E-state index contributed by atoms with van der Waals surface area (Å²) in [5.74, 6) is -1.30. The van der Waals surface area contributed by atoms with Crippen molar-refractivity contribution in [1.82, 2.24) is 4.90 Å². The summed E-state index contributed by atoms with van der Waals surface area (Å²) in [6.45, 7) is 3.44. The van der Waals surface area contributed by atoms with Crippen LogP contribution < -0.4 is 0 Å². The molecule has 0 aliphatic carbocycles. The number of hydrogen-bond donors (Lipinski definition) is 0. The topological polar surface area (TPSA) is 101 Å². The SMILES string of the molecule is CCOC(=O)c1ccc(-c2ccc(/C=C3/C(=O)N(Cc4ccc(F)cc4)C(=O)C(C#N)=C3C)o2)cc1. The number of benzene rings is 2. The molecule has 36 heavy (non-hydrogen) atoms. The predicted octanol–water partition coefficient (Wildman–Crippen LogP) is 5.05. The molecule has 0 saturated heterocycles. The molecule has 0 fully saturated rings. The van der Waals surface area contributed by atoms with Gasteiger partial charge in [0.05, 0.1) is 18.7 Å². The first-order valence-electron chi connectivity index (χ1n) is 11.1. The highest BCUT2D eigenvalue weighted by molar-refractivity contribution is 6.19. The largest absolute Gasteiger partial charge is 0.462 e. The van der Waals surface area contributed by atoms with E-state index in [1.807, 2.05) is 6.07 Å². The van der Waals surface area contributed by atoms with E-state index in [2.05, 4.69) is 0 Å². The molecule has 2 heterocycles. The zero-order valence-corrected chi connectivity index (χ0v) is 19.6. The van der Waals surface area contributed by atoms with Crippen LogP contribution in [-0.4, -0.2) is 29.3 Å². The molecule has 3 aromatic rings. The lowest BCUT2D eigenvalue weighted by atomic mass is 9.94. The summed E-state index contributed by atoms with van der Waals surface area (Å²) in [6.07, 6.45) is 1.48. The number of carbonyl (C=O) groups excluding carboxylic acids is 3. The summed E-state index contributed by atoms with van der Waals surface area (Å²) >= 11 is 0. The standard InChI is InChI=1S/C28H21FN2O5/c1-3-35-28(34)20-8-6-19(7-9-20)25-13-12-22(36-25)14-23-17(2)24(15-30)27(33)31(26(23)32)16-18-4-10-21(29)11-5-18/h4-14H,3,16H2,1-2H3/b23-14+. The summed E-state index contributed by atoms with van der Waals surface area (Å²) < 4.78 is 24.1. The molecule has 0 atom stereocenters. The number of halogens is 1. The molecule has 0 bridgehead atoms. The second-order valence-electron chi connectivity index (χ2n) is 7.99. The van der Waals surface area contributed by atoms with Crippen molar-refractivity contribution in [3.8, 4) is 17.4 Å². The Morgan fingerprint density at radius 1 is 1.06 bits per heavy atom. The average molecular weight is 484 g/mol. The van der Waals surface area contributed by atoms with Gasteiger partial charge in [-0.2, -0.15) is 5.26 Å². The highest BCUT2D eigenvalue weighted by atomic mass is 19.1. The summed E-state index contributed by atoms with van der Waals surface area (Å²) in [5, 5.41) is 9.57. The Hall–Kier alpha value is -4.77. The van der Waals surface area contributed by atoms with E-state index in [0.717, 1.165) is 4.90 Å². The molecule has 1 aliphatic heterocycles. The molecule has 8 heteroatoms. The Kier molecular flexibility index (Phi) is 6.93. The lowest BCUT2D eigenvalue weighted by Gasteiger charge is -2.27. The molecular weight excluding hydrogens is 463 g/mol. The highest BCUT2D eigenvalue weighted by Gasteiger charge is 2.35. The normalized spacial score (nSPS) is 14.8. The molecular formula is C28H21FN2O5. The minimum absolute atomic E-state index is 0.107. The van der Waals surface area contributed by atoms with Crippen LogP contribution in [0.1, 0.15) is 35.5 Å². The van der Waals surface area contributed by atoms with Gasteiger partial charge in [-0.15, -0.1) is 0 Å². The lowest BCUT2D eigenvalue weighted by molar-refractivity contribution is -0.141. The molecule has 0 spiro atoms. The van der Waals surface area contributed by atoms with Gasteiger partial charge in [-0.05, 0) is 67.5 Å². The van der Waals surface area contributed by atoms with E-state index < -0.39 is 23.6 Å². The van der Waals surface area contributed by atoms with Gasteiger partial charge in [0, 0.05) is 11.1 Å². The van der Waals surface area contributed by atoms with Crippen molar-refractivity contribution in [2.75, 3.05) is 6.61 Å². The van der Waals surface area contributed by atoms with Crippen LogP contribution in [-0.2, 0) is 20.9 Å². The number of nitrogens with zero attached hydrogens (tertiary/aromatic N) is 2. The predicted molar refractivity (Wildman–Crippen MR) is 128 cm³/mol. The zero-order chi connectivity index (χ0) is 25.8. The summed E-state index contributed by atoms with van der Waals surface area (Å²) in [6, 6.07) is 17.4. The first-order chi connectivity index (χ1) is 17.3. The van der Waals surface area contributed by atoms with Gasteiger partial charge in [-0.3, -0.25) is 14.5 Å². The molecule has 1 aliphatic rings. The fraction of sp³-hybridized carbons (Fsp3) is 0.143. The minimum atomic E-state index is -0.705. The Morgan fingerprint density at radius 2 is 1.75 bits per heavy atom. The second kappa shape index (κ2) is 10.2. The van der Waals surface area contributed by atoms with E-state index in [1.165, 1.54) is 37.3 Å². The molecule has 0 unspecified atom stereocenters. The van der Waals surface area contributed by atoms with Crippen molar-refractivity contribution in [3.63, 3.8) is 0 Å². The molecule has 4 rings (SSSR count). The molecule has 2 amide bonds. The smallest absolute Gasteiger partial charge is 0.338 e. The van der Waals surface area contributed by atoms with Gasteiger partial charge in [-0.1, -0.05) is 24.3 Å². The number of amides is 2. The van der Waals surface area contributed by atoms with E-state index in [1.54, 1.807) is 43.3 Å². The first-order valence-corrected chi connectivity index (χ1v) is 11.1. The van der Waals surface area contributed by atoms with Crippen molar-refractivity contribution < 1.29 is 27.9 Å². The van der Waals surface area contributed by atoms with Crippen LogP contribution in [0.15, 0.2) is 81.8 Å². The van der Waals surface area contributed by atoms with E-state index in [-0.39, 0.29) is 29.9 Å². The number of hydrogen-bond acceptors (Lipinski definition) is 6. The van der Waals surface area contributed by atoms with Crippen molar-refractivity contribution in [2.45, 2.75) is 20.4 Å². The maximum absolute atomic E-state index is 13.3. The number of rotatable bonds is 6. The number of ether oxygens (including phenoxy) is 1. The average Bonchev–Trinajstić information content (AvgIpc) is 3.35. The van der Waals surface area contributed by atoms with Crippen LogP contribution >= 0.6 is 0 Å². The van der Waals surface area contributed by atoms with Crippen molar-refractivity contribution >= 4 is 23.9 Å². The fourth-order valence-electron chi connectivity index (χ4n) is 3.76. The monoisotopic (exact) mass is 484 g/mol. The molecule has 1 aromatic heterocycles. The third kappa shape index (κ3) is 4.86. The van der Waals surface area contributed by atoms with Crippen LogP contribution in [0.25, 0.3) is 17.4 Å². The maximum Gasteiger partial charge on any atom is 0.338 e. The van der Waals surface area contributed by atoms with Crippen molar-refractivity contribution in [3.05, 3.63) is 100 Å². The third-order valence-electron chi connectivity index (χ3n) is 5.67. The summed E-state index contributed by atoms with van der Waals surface area (Å²) in [7, 11) is 0. The second-order valence-corrected chi connectivity index (χ2v) is 7.99. The van der Waals surface area contributed by atoms with Crippen molar-refractivity contribution in [2.24, 2.45) is 0 Å². The fourth-order valence-corrected chi connectivity index (χ4v) is 3.76. The molecule has 0 saturated carbocycles. The number of furan rings is 1. The minimum Gasteiger partial charge on any atom is -0.462 e. The van der Waals surface area contributed by atoms with Gasteiger partial charge in [0.1, 0.15) is 29.0 Å². The first kappa shape index (κ1) is 24.4. The molecule has 0 N–H and O–H groups in total. The molecule has 180 valence electrons. The summed E-state index contributed by atoms with van der Waals surface area (Å²) in [4.78, 5) is 38.9. The van der Waals surface area contributed by atoms with Crippen LogP contribution in [0.4, 0.5) is 4.39 Å².